The number of benzene rings is 2. The summed E-state index contributed by atoms with van der Waals surface area (Å²) in [6.45, 7) is 5.36. The summed E-state index contributed by atoms with van der Waals surface area (Å²) < 4.78 is 47.8. The van der Waals surface area contributed by atoms with Crippen LogP contribution < -0.4 is 10.2 Å². The van der Waals surface area contributed by atoms with Gasteiger partial charge in [0.1, 0.15) is 11.4 Å². The summed E-state index contributed by atoms with van der Waals surface area (Å²) in [4.78, 5) is 11.5. The third-order valence-electron chi connectivity index (χ3n) is 4.08. The van der Waals surface area contributed by atoms with Gasteiger partial charge in [-0.05, 0) is 26.2 Å². The van der Waals surface area contributed by atoms with Crippen molar-refractivity contribution in [2.75, 3.05) is 6.54 Å². The van der Waals surface area contributed by atoms with Crippen molar-refractivity contribution >= 4 is 16.7 Å². The molecule has 1 aliphatic heterocycles. The second-order valence-corrected chi connectivity index (χ2v) is 7.34. The Labute approximate surface area is 149 Å². The molecule has 1 amide bonds. The fraction of sp³-hybridized carbons (Fsp3) is 0.421. The predicted molar refractivity (Wildman–Crippen MR) is 92.6 cm³/mol. The molecule has 0 bridgehead atoms. The number of carbonyl (C=O) groups excluding carboxylic acids is 1. The molecule has 1 fully saturated rings. The van der Waals surface area contributed by atoms with Crippen molar-refractivity contribution in [3.05, 3.63) is 42.0 Å². The molecule has 1 N–H and O–H groups in total. The minimum absolute atomic E-state index is 0.00618. The fourth-order valence-electron chi connectivity index (χ4n) is 3.10. The van der Waals surface area contributed by atoms with E-state index in [1.54, 1.807) is 39.0 Å². The molecule has 0 spiro atoms. The molecule has 7 heteroatoms. The third kappa shape index (κ3) is 3.77. The first kappa shape index (κ1) is 18.5. The zero-order valence-corrected chi connectivity index (χ0v) is 14.9. The first-order valence-electron chi connectivity index (χ1n) is 8.40. The zero-order valence-electron chi connectivity index (χ0n) is 14.9. The highest BCUT2D eigenvalue weighted by Crippen LogP contribution is 2.45. The number of hydrogen-bond acceptors (Lipinski definition) is 3. The van der Waals surface area contributed by atoms with Crippen LogP contribution in [0.2, 0.25) is 0 Å². The molecule has 1 aliphatic rings. The van der Waals surface area contributed by atoms with Crippen LogP contribution in [0.5, 0.6) is 5.75 Å². The average molecular weight is 366 g/mol. The molecule has 0 aliphatic carbocycles. The largest absolute Gasteiger partial charge is 0.487 e. The van der Waals surface area contributed by atoms with Crippen LogP contribution in [0.15, 0.2) is 36.4 Å². The molecular weight excluding hydrogens is 345 g/mol. The van der Waals surface area contributed by atoms with Crippen LogP contribution in [0.25, 0.3) is 10.8 Å². The topological polar surface area (TPSA) is 41.6 Å². The molecule has 1 atom stereocenters. The van der Waals surface area contributed by atoms with Crippen LogP contribution in [0.1, 0.15) is 38.8 Å². The summed E-state index contributed by atoms with van der Waals surface area (Å²) in [5.41, 5.74) is 1.63. The predicted octanol–water partition coefficient (Wildman–Crippen LogP) is 4.36. The number of halogens is 3. The molecule has 0 aromatic heterocycles. The molecular formula is C19H21F3N2O2. The quantitative estimate of drug-likeness (QED) is 0.878. The molecule has 1 heterocycles. The number of nitrogens with zero attached hydrogens (tertiary/aromatic N) is 1. The van der Waals surface area contributed by atoms with Gasteiger partial charge >= 0.3 is 6.18 Å². The highest BCUT2D eigenvalue weighted by atomic mass is 19.4. The molecule has 140 valence electrons. The molecule has 3 rings (SSSR count). The maximum atomic E-state index is 13.9. The van der Waals surface area contributed by atoms with Crippen molar-refractivity contribution in [1.29, 1.82) is 0 Å². The van der Waals surface area contributed by atoms with Crippen LogP contribution in [0.4, 0.5) is 13.2 Å². The van der Waals surface area contributed by atoms with Crippen molar-refractivity contribution in [3.8, 4) is 5.75 Å². The van der Waals surface area contributed by atoms with Crippen molar-refractivity contribution in [3.63, 3.8) is 0 Å². The Kier molecular flexibility index (Phi) is 4.60. The lowest BCUT2D eigenvalue weighted by molar-refractivity contribution is -0.191. The number of hydrazine groups is 1. The van der Waals surface area contributed by atoms with Crippen LogP contribution in [-0.2, 0) is 4.79 Å². The van der Waals surface area contributed by atoms with E-state index in [2.05, 4.69) is 5.43 Å². The normalized spacial score (nSPS) is 17.4. The molecule has 0 radical (unpaired) electrons. The highest BCUT2D eigenvalue weighted by molar-refractivity contribution is 5.90. The van der Waals surface area contributed by atoms with E-state index in [0.29, 0.717) is 5.39 Å². The van der Waals surface area contributed by atoms with E-state index >= 15 is 0 Å². The van der Waals surface area contributed by atoms with E-state index < -0.39 is 23.7 Å². The maximum absolute atomic E-state index is 13.9. The third-order valence-corrected chi connectivity index (χ3v) is 4.08. The molecule has 4 nitrogen and oxygen atoms in total. The second-order valence-electron chi connectivity index (χ2n) is 7.34. The number of carbonyl (C=O) groups is 1. The van der Waals surface area contributed by atoms with Crippen LogP contribution >= 0.6 is 0 Å². The number of alkyl halides is 3. The molecule has 1 unspecified atom stereocenters. The van der Waals surface area contributed by atoms with Crippen molar-refractivity contribution in [2.45, 2.75) is 45.0 Å². The Bertz CT molecular complexity index is 828. The number of ether oxygens (including phenoxy) is 1. The molecule has 2 aromatic rings. The smallest absolute Gasteiger partial charge is 0.410 e. The van der Waals surface area contributed by atoms with Crippen LogP contribution in [0.3, 0.4) is 0 Å². The Morgan fingerprint density at radius 1 is 1.12 bits per heavy atom. The van der Waals surface area contributed by atoms with Crippen LogP contribution in [-0.4, -0.2) is 29.2 Å². The highest BCUT2D eigenvalue weighted by Gasteiger charge is 2.48. The Hall–Kier alpha value is -2.28. The van der Waals surface area contributed by atoms with Crippen molar-refractivity contribution < 1.29 is 22.7 Å². The minimum Gasteiger partial charge on any atom is -0.487 e. The van der Waals surface area contributed by atoms with E-state index in [0.717, 1.165) is 10.4 Å². The first-order valence-corrected chi connectivity index (χ1v) is 8.40. The van der Waals surface area contributed by atoms with Crippen molar-refractivity contribution in [2.24, 2.45) is 0 Å². The van der Waals surface area contributed by atoms with Gasteiger partial charge in [0, 0.05) is 23.9 Å². The molecule has 2 aromatic carbocycles. The van der Waals surface area contributed by atoms with Crippen molar-refractivity contribution in [1.82, 2.24) is 10.4 Å². The molecule has 26 heavy (non-hydrogen) atoms. The lowest BCUT2D eigenvalue weighted by Gasteiger charge is -2.32. The molecule has 0 saturated carbocycles. The summed E-state index contributed by atoms with van der Waals surface area (Å²) >= 11 is 0. The van der Waals surface area contributed by atoms with Gasteiger partial charge in [0.05, 0.1) is 0 Å². The number of hydrogen-bond donors (Lipinski definition) is 1. The first-order chi connectivity index (χ1) is 12.1. The fourth-order valence-corrected chi connectivity index (χ4v) is 3.10. The number of amides is 1. The van der Waals surface area contributed by atoms with Gasteiger partial charge in [0.25, 0.3) is 0 Å². The van der Waals surface area contributed by atoms with E-state index in [-0.39, 0.29) is 24.3 Å². The summed E-state index contributed by atoms with van der Waals surface area (Å²) in [7, 11) is 0. The Morgan fingerprint density at radius 3 is 2.38 bits per heavy atom. The Morgan fingerprint density at radius 2 is 1.81 bits per heavy atom. The van der Waals surface area contributed by atoms with E-state index in [1.165, 1.54) is 6.07 Å². The summed E-state index contributed by atoms with van der Waals surface area (Å²) in [6, 6.07) is 8.27. The van der Waals surface area contributed by atoms with Gasteiger partial charge in [0.2, 0.25) is 5.91 Å². The van der Waals surface area contributed by atoms with Gasteiger partial charge in [-0.2, -0.15) is 13.2 Å². The summed E-state index contributed by atoms with van der Waals surface area (Å²) in [5.74, 6) is -0.225. The molecule has 1 saturated heterocycles. The van der Waals surface area contributed by atoms with Gasteiger partial charge in [-0.15, -0.1) is 0 Å². The number of fused-ring (bicyclic) bond motifs is 1. The maximum Gasteiger partial charge on any atom is 0.410 e. The summed E-state index contributed by atoms with van der Waals surface area (Å²) in [5, 5.41) is 2.35. The van der Waals surface area contributed by atoms with Gasteiger partial charge in [0.15, 0.2) is 6.04 Å². The number of nitrogens with one attached hydrogen (secondary N) is 1. The Balaban J connectivity index is 2.20. The SMILES string of the molecule is CC(C)(C)Oc1c(C(N2CCC(=O)N2)C(F)(F)F)ccc2ccccc12. The second kappa shape index (κ2) is 6.46. The van der Waals surface area contributed by atoms with Gasteiger partial charge in [-0.1, -0.05) is 36.4 Å². The average Bonchev–Trinajstić information content (AvgIpc) is 2.93. The van der Waals surface area contributed by atoms with Gasteiger partial charge in [-0.3, -0.25) is 10.2 Å². The monoisotopic (exact) mass is 366 g/mol. The van der Waals surface area contributed by atoms with Gasteiger partial charge in [-0.25, -0.2) is 5.01 Å². The van der Waals surface area contributed by atoms with E-state index in [1.807, 2.05) is 12.1 Å². The minimum atomic E-state index is -4.57. The van der Waals surface area contributed by atoms with E-state index in [4.69, 9.17) is 4.74 Å². The summed E-state index contributed by atoms with van der Waals surface area (Å²) in [6.07, 6.45) is -4.54. The zero-order chi connectivity index (χ0) is 19.1. The van der Waals surface area contributed by atoms with Gasteiger partial charge < -0.3 is 4.74 Å². The van der Waals surface area contributed by atoms with E-state index in [9.17, 15) is 18.0 Å². The van der Waals surface area contributed by atoms with Crippen LogP contribution in [0, 0.1) is 0 Å². The standard InChI is InChI=1S/C19H21F3N2O2/c1-18(2,3)26-16-13-7-5-4-6-12(13)8-9-14(16)17(19(20,21)22)24-11-10-15(25)23-24/h4-9,17H,10-11H2,1-3H3,(H,23,25). The lowest BCUT2D eigenvalue weighted by atomic mass is 9.98. The lowest BCUT2D eigenvalue weighted by Crippen LogP contribution is -2.44. The number of rotatable bonds is 3.